The maximum Gasteiger partial charge on any atom is 0.407 e. The molecule has 0 bridgehead atoms. The molecule has 0 spiro atoms. The van der Waals surface area contributed by atoms with Crippen LogP contribution >= 0.6 is 0 Å². The summed E-state index contributed by atoms with van der Waals surface area (Å²) in [5.74, 6) is 0. The maximum atomic E-state index is 11.8. The van der Waals surface area contributed by atoms with E-state index in [-0.39, 0.29) is 23.7 Å². The van der Waals surface area contributed by atoms with Gasteiger partial charge in [0.15, 0.2) is 0 Å². The van der Waals surface area contributed by atoms with Crippen LogP contribution in [0, 0.1) is 0 Å². The number of alkyl carbamates (subject to hydrolysis) is 1. The average Bonchev–Trinajstić information content (AvgIpc) is 2.38. The molecule has 0 saturated heterocycles. The zero-order valence-electron chi connectivity index (χ0n) is 13.0. The Morgan fingerprint density at radius 1 is 1.24 bits per heavy atom. The van der Waals surface area contributed by atoms with E-state index in [9.17, 15) is 9.59 Å². The standard InChI is InChI=1S/C16H24N2O3/c1-16(2,3)21-15(20)17-12-7-9-13(10-8-12)18-11-5-4-6-14(18)19/h4-6,11-13H,7-10H2,1-3H3,(H,17,20). The van der Waals surface area contributed by atoms with Crippen molar-refractivity contribution in [3.8, 4) is 0 Å². The number of amides is 1. The van der Waals surface area contributed by atoms with Crippen LogP contribution in [-0.2, 0) is 4.74 Å². The minimum atomic E-state index is -0.474. The first-order valence-electron chi connectivity index (χ1n) is 7.52. The van der Waals surface area contributed by atoms with Crippen molar-refractivity contribution in [2.75, 3.05) is 0 Å². The molecule has 0 atom stereocenters. The van der Waals surface area contributed by atoms with Gasteiger partial charge < -0.3 is 14.6 Å². The van der Waals surface area contributed by atoms with Crippen LogP contribution in [0.1, 0.15) is 52.5 Å². The molecule has 1 aromatic rings. The molecule has 116 valence electrons. The highest BCUT2D eigenvalue weighted by atomic mass is 16.6. The number of carbonyl (C=O) groups is 1. The SMILES string of the molecule is CC(C)(C)OC(=O)NC1CCC(n2ccccc2=O)CC1. The third-order valence-electron chi connectivity index (χ3n) is 3.66. The first-order valence-corrected chi connectivity index (χ1v) is 7.52. The summed E-state index contributed by atoms with van der Waals surface area (Å²) in [5.41, 5.74) is -0.431. The summed E-state index contributed by atoms with van der Waals surface area (Å²) in [6.07, 6.45) is 5.00. The Hall–Kier alpha value is -1.78. The highest BCUT2D eigenvalue weighted by Crippen LogP contribution is 2.27. The van der Waals surface area contributed by atoms with E-state index in [1.54, 1.807) is 16.7 Å². The van der Waals surface area contributed by atoms with Gasteiger partial charge in [-0.1, -0.05) is 6.07 Å². The van der Waals surface area contributed by atoms with Crippen LogP contribution in [0.5, 0.6) is 0 Å². The second-order valence-corrected chi connectivity index (χ2v) is 6.60. The third-order valence-corrected chi connectivity index (χ3v) is 3.66. The Bertz CT molecular complexity index is 537. The molecule has 2 rings (SSSR count). The highest BCUT2D eigenvalue weighted by Gasteiger charge is 2.25. The first-order chi connectivity index (χ1) is 9.85. The van der Waals surface area contributed by atoms with Gasteiger partial charge in [0.2, 0.25) is 0 Å². The Labute approximate surface area is 125 Å². The van der Waals surface area contributed by atoms with Crippen LogP contribution in [0.15, 0.2) is 29.2 Å². The van der Waals surface area contributed by atoms with E-state index in [0.29, 0.717) is 0 Å². The molecule has 0 aromatic carbocycles. The molecule has 5 nitrogen and oxygen atoms in total. The van der Waals surface area contributed by atoms with Gasteiger partial charge in [0.25, 0.3) is 5.56 Å². The zero-order chi connectivity index (χ0) is 15.5. The van der Waals surface area contributed by atoms with E-state index in [2.05, 4.69) is 5.32 Å². The largest absolute Gasteiger partial charge is 0.444 e. The van der Waals surface area contributed by atoms with Gasteiger partial charge in [0.05, 0.1) is 0 Å². The molecule has 0 unspecified atom stereocenters. The quantitative estimate of drug-likeness (QED) is 0.911. The van der Waals surface area contributed by atoms with Crippen LogP contribution in [0.3, 0.4) is 0 Å². The Balaban J connectivity index is 1.85. The fourth-order valence-electron chi connectivity index (χ4n) is 2.71. The van der Waals surface area contributed by atoms with Gasteiger partial charge in [-0.15, -0.1) is 0 Å². The van der Waals surface area contributed by atoms with Gasteiger partial charge in [0, 0.05) is 24.3 Å². The lowest BCUT2D eigenvalue weighted by atomic mass is 9.91. The number of aromatic nitrogens is 1. The van der Waals surface area contributed by atoms with Gasteiger partial charge in [0.1, 0.15) is 5.60 Å². The van der Waals surface area contributed by atoms with E-state index in [1.165, 1.54) is 0 Å². The molecule has 1 fully saturated rings. The third kappa shape index (κ3) is 4.62. The van der Waals surface area contributed by atoms with E-state index >= 15 is 0 Å². The monoisotopic (exact) mass is 292 g/mol. The van der Waals surface area contributed by atoms with Crippen LogP contribution in [0.2, 0.25) is 0 Å². The highest BCUT2D eigenvalue weighted by molar-refractivity contribution is 5.68. The topological polar surface area (TPSA) is 60.3 Å². The second kappa shape index (κ2) is 6.33. The molecule has 1 amide bonds. The molecule has 0 aliphatic heterocycles. The summed E-state index contributed by atoms with van der Waals surface area (Å²) in [5, 5.41) is 2.91. The fourth-order valence-corrected chi connectivity index (χ4v) is 2.71. The molecule has 1 N–H and O–H groups in total. The maximum absolute atomic E-state index is 11.8. The summed E-state index contributed by atoms with van der Waals surface area (Å²) in [4.78, 5) is 23.6. The molecule has 1 heterocycles. The zero-order valence-corrected chi connectivity index (χ0v) is 13.0. The van der Waals surface area contributed by atoms with Crippen LogP contribution in [0.4, 0.5) is 4.79 Å². The second-order valence-electron chi connectivity index (χ2n) is 6.60. The van der Waals surface area contributed by atoms with Gasteiger partial charge in [-0.25, -0.2) is 4.79 Å². The lowest BCUT2D eigenvalue weighted by molar-refractivity contribution is 0.0488. The van der Waals surface area contributed by atoms with Crippen LogP contribution in [0.25, 0.3) is 0 Å². The van der Waals surface area contributed by atoms with E-state index in [4.69, 9.17) is 4.74 Å². The van der Waals surface area contributed by atoms with Crippen molar-refractivity contribution < 1.29 is 9.53 Å². The van der Waals surface area contributed by atoms with Crippen molar-refractivity contribution in [3.05, 3.63) is 34.7 Å². The molecular formula is C16H24N2O3. The number of rotatable bonds is 2. The fraction of sp³-hybridized carbons (Fsp3) is 0.625. The van der Waals surface area contributed by atoms with Crippen molar-refractivity contribution in [2.45, 2.75) is 64.1 Å². The molecule has 1 aliphatic carbocycles. The van der Waals surface area contributed by atoms with Crippen molar-refractivity contribution in [2.24, 2.45) is 0 Å². The van der Waals surface area contributed by atoms with Gasteiger partial charge in [-0.3, -0.25) is 4.79 Å². The first kappa shape index (κ1) is 15.6. The predicted octanol–water partition coefficient (Wildman–Crippen LogP) is 2.86. The van der Waals surface area contributed by atoms with Gasteiger partial charge in [-0.05, 0) is 52.5 Å². The molecule has 1 aromatic heterocycles. The Morgan fingerprint density at radius 3 is 2.48 bits per heavy atom. The summed E-state index contributed by atoms with van der Waals surface area (Å²) in [6.45, 7) is 5.56. The summed E-state index contributed by atoms with van der Waals surface area (Å²) >= 11 is 0. The lowest BCUT2D eigenvalue weighted by Crippen LogP contribution is -2.41. The summed E-state index contributed by atoms with van der Waals surface area (Å²) in [6, 6.07) is 5.59. The number of nitrogens with zero attached hydrogens (tertiary/aromatic N) is 1. The van der Waals surface area contributed by atoms with Crippen LogP contribution < -0.4 is 10.9 Å². The van der Waals surface area contributed by atoms with Crippen molar-refractivity contribution in [1.82, 2.24) is 9.88 Å². The molecule has 0 radical (unpaired) electrons. The summed E-state index contributed by atoms with van der Waals surface area (Å²) in [7, 11) is 0. The predicted molar refractivity (Wildman–Crippen MR) is 81.4 cm³/mol. The van der Waals surface area contributed by atoms with E-state index in [1.807, 2.05) is 33.0 Å². The number of hydrogen-bond donors (Lipinski definition) is 1. The number of hydrogen-bond acceptors (Lipinski definition) is 3. The van der Waals surface area contributed by atoms with Crippen molar-refractivity contribution >= 4 is 6.09 Å². The molecular weight excluding hydrogens is 268 g/mol. The normalized spacial score (nSPS) is 22.6. The number of pyridine rings is 1. The molecule has 5 heteroatoms. The number of nitrogens with one attached hydrogen (secondary N) is 1. The minimum Gasteiger partial charge on any atom is -0.444 e. The molecule has 21 heavy (non-hydrogen) atoms. The van der Waals surface area contributed by atoms with Gasteiger partial charge in [-0.2, -0.15) is 0 Å². The number of ether oxygens (including phenoxy) is 1. The van der Waals surface area contributed by atoms with E-state index < -0.39 is 5.60 Å². The molecule has 1 saturated carbocycles. The summed E-state index contributed by atoms with van der Waals surface area (Å²) < 4.78 is 7.06. The van der Waals surface area contributed by atoms with Gasteiger partial charge >= 0.3 is 6.09 Å². The minimum absolute atomic E-state index is 0.0426. The average molecular weight is 292 g/mol. The number of carbonyl (C=O) groups excluding carboxylic acids is 1. The van der Waals surface area contributed by atoms with Crippen LogP contribution in [-0.4, -0.2) is 22.3 Å². The molecule has 1 aliphatic rings. The Morgan fingerprint density at radius 2 is 1.90 bits per heavy atom. The smallest absolute Gasteiger partial charge is 0.407 e. The lowest BCUT2D eigenvalue weighted by Gasteiger charge is -2.31. The Kier molecular flexibility index (Phi) is 4.70. The van der Waals surface area contributed by atoms with E-state index in [0.717, 1.165) is 25.7 Å². The van der Waals surface area contributed by atoms with Crippen molar-refractivity contribution in [1.29, 1.82) is 0 Å². The van der Waals surface area contributed by atoms with Crippen molar-refractivity contribution in [3.63, 3.8) is 0 Å².